The number of rotatable bonds is 7. The molecule has 5 N–H and O–H groups in total. The van der Waals surface area contributed by atoms with Crippen molar-refractivity contribution in [1.82, 2.24) is 0 Å². The first-order valence-electron chi connectivity index (χ1n) is 6.28. The standard InChI is InChI=1S/C13H16O7/c14-6-8(15)10(17)12(19)13(20)11(18)9(16)7-4-2-1-3-5-7/h1-5,8,10,12-15,17,19-20H,6H2/t8-,10-,12+,13+/m1/s1/i4D. The fourth-order valence-corrected chi connectivity index (χ4v) is 1.48. The molecule has 110 valence electrons. The van der Waals surface area contributed by atoms with E-state index in [-0.39, 0.29) is 11.6 Å². The van der Waals surface area contributed by atoms with Gasteiger partial charge in [-0.1, -0.05) is 30.3 Å². The zero-order valence-corrected chi connectivity index (χ0v) is 10.4. The van der Waals surface area contributed by atoms with Gasteiger partial charge in [0, 0.05) is 5.56 Å². The van der Waals surface area contributed by atoms with E-state index in [0.29, 0.717) is 0 Å². The lowest BCUT2D eigenvalue weighted by Crippen LogP contribution is -2.50. The summed E-state index contributed by atoms with van der Waals surface area (Å²) in [6.45, 7) is -0.900. The van der Waals surface area contributed by atoms with Gasteiger partial charge in [-0.05, 0) is 0 Å². The minimum Gasteiger partial charge on any atom is -0.394 e. The van der Waals surface area contributed by atoms with Crippen molar-refractivity contribution in [3.05, 3.63) is 35.9 Å². The summed E-state index contributed by atoms with van der Waals surface area (Å²) in [4.78, 5) is 23.6. The maximum absolute atomic E-state index is 11.8. The molecule has 0 unspecified atom stereocenters. The predicted molar refractivity (Wildman–Crippen MR) is 66.9 cm³/mol. The van der Waals surface area contributed by atoms with E-state index in [1.807, 2.05) is 0 Å². The largest absolute Gasteiger partial charge is 0.394 e. The molecule has 7 nitrogen and oxygen atoms in total. The lowest BCUT2D eigenvalue weighted by atomic mass is 9.96. The lowest BCUT2D eigenvalue weighted by Gasteiger charge is -2.24. The van der Waals surface area contributed by atoms with Crippen LogP contribution in [-0.2, 0) is 4.79 Å². The quantitative estimate of drug-likeness (QED) is 0.285. The number of hydrogen-bond donors (Lipinski definition) is 5. The van der Waals surface area contributed by atoms with Crippen molar-refractivity contribution >= 4 is 11.6 Å². The first-order valence-corrected chi connectivity index (χ1v) is 5.78. The van der Waals surface area contributed by atoms with E-state index < -0.39 is 42.6 Å². The Morgan fingerprint density at radius 2 is 1.75 bits per heavy atom. The monoisotopic (exact) mass is 285 g/mol. The Balaban J connectivity index is 2.88. The van der Waals surface area contributed by atoms with E-state index in [4.69, 9.17) is 11.6 Å². The zero-order chi connectivity index (χ0) is 16.2. The third-order valence-corrected chi connectivity index (χ3v) is 2.70. The Hall–Kier alpha value is -1.64. The van der Waals surface area contributed by atoms with Crippen LogP contribution in [0.3, 0.4) is 0 Å². The van der Waals surface area contributed by atoms with Crippen molar-refractivity contribution in [2.24, 2.45) is 0 Å². The molecule has 1 aromatic carbocycles. The van der Waals surface area contributed by atoms with Crippen LogP contribution < -0.4 is 0 Å². The van der Waals surface area contributed by atoms with E-state index in [1.54, 1.807) is 0 Å². The molecule has 0 aliphatic rings. The molecule has 0 aromatic heterocycles. The molecule has 1 rings (SSSR count). The van der Waals surface area contributed by atoms with Gasteiger partial charge in [0.05, 0.1) is 7.98 Å². The third-order valence-electron chi connectivity index (χ3n) is 2.70. The zero-order valence-electron chi connectivity index (χ0n) is 11.4. The molecule has 0 saturated heterocycles. The van der Waals surface area contributed by atoms with Crippen LogP contribution in [0.25, 0.3) is 0 Å². The predicted octanol–water partition coefficient (Wildman–Crippen LogP) is -2.13. The number of carbonyl (C=O) groups is 2. The molecule has 0 aliphatic heterocycles. The second kappa shape index (κ2) is 7.22. The van der Waals surface area contributed by atoms with Gasteiger partial charge in [0.15, 0.2) is 0 Å². The van der Waals surface area contributed by atoms with Gasteiger partial charge in [-0.15, -0.1) is 0 Å². The van der Waals surface area contributed by atoms with Crippen LogP contribution in [0.4, 0.5) is 0 Å². The molecule has 7 heteroatoms. The smallest absolute Gasteiger partial charge is 0.234 e. The van der Waals surface area contributed by atoms with Gasteiger partial charge in [0.1, 0.15) is 24.4 Å². The summed E-state index contributed by atoms with van der Waals surface area (Å²) in [6, 6.07) is 5.16. The fraction of sp³-hybridized carbons (Fsp3) is 0.385. The first-order chi connectivity index (χ1) is 9.81. The van der Waals surface area contributed by atoms with Crippen molar-refractivity contribution in [3.8, 4) is 0 Å². The summed E-state index contributed by atoms with van der Waals surface area (Å²) in [5.41, 5.74) is -0.258. The molecule has 0 radical (unpaired) electrons. The molecular weight excluding hydrogens is 268 g/mol. The highest BCUT2D eigenvalue weighted by atomic mass is 16.4. The molecule has 0 bridgehead atoms. The molecular formula is C13H16O7. The summed E-state index contributed by atoms with van der Waals surface area (Å²) < 4.78 is 7.49. The molecule has 0 fully saturated rings. The summed E-state index contributed by atoms with van der Waals surface area (Å²) >= 11 is 0. The van der Waals surface area contributed by atoms with Crippen molar-refractivity contribution < 1.29 is 36.5 Å². The fourth-order valence-electron chi connectivity index (χ4n) is 1.48. The average Bonchev–Trinajstić information content (AvgIpc) is 2.50. The molecule has 0 heterocycles. The van der Waals surface area contributed by atoms with Crippen LogP contribution in [0, 0.1) is 0 Å². The number of ketones is 2. The highest BCUT2D eigenvalue weighted by Gasteiger charge is 2.36. The highest BCUT2D eigenvalue weighted by Crippen LogP contribution is 2.09. The second-order valence-electron chi connectivity index (χ2n) is 4.15. The van der Waals surface area contributed by atoms with E-state index in [1.165, 1.54) is 24.3 Å². The minimum atomic E-state index is -2.28. The molecule has 0 amide bonds. The van der Waals surface area contributed by atoms with Gasteiger partial charge < -0.3 is 25.5 Å². The number of aliphatic hydroxyl groups excluding tert-OH is 5. The Morgan fingerprint density at radius 3 is 2.30 bits per heavy atom. The van der Waals surface area contributed by atoms with Crippen LogP contribution in [0.2, 0.25) is 0 Å². The number of Topliss-reactive ketones (excluding diaryl/α,β-unsaturated/α-hetero) is 2. The Kier molecular flexibility index (Phi) is 5.33. The summed E-state index contributed by atoms with van der Waals surface area (Å²) in [6.07, 6.45) is -8.22. The minimum absolute atomic E-state index is 0.228. The van der Waals surface area contributed by atoms with Gasteiger partial charge in [0.2, 0.25) is 11.6 Å². The third kappa shape index (κ3) is 3.69. The molecule has 20 heavy (non-hydrogen) atoms. The number of benzene rings is 1. The lowest BCUT2D eigenvalue weighted by molar-refractivity contribution is -0.142. The molecule has 0 aliphatic carbocycles. The molecule has 0 saturated carbocycles. The van der Waals surface area contributed by atoms with Crippen LogP contribution in [0.15, 0.2) is 30.3 Å². The van der Waals surface area contributed by atoms with E-state index in [2.05, 4.69) is 0 Å². The van der Waals surface area contributed by atoms with Crippen LogP contribution in [0.1, 0.15) is 11.7 Å². The summed E-state index contributed by atoms with van der Waals surface area (Å²) in [5.74, 6) is -2.62. The topological polar surface area (TPSA) is 135 Å². The SMILES string of the molecule is [2H]c1ccccc1C(=O)C(=O)[C@H](O)[C@@H](O)[C@H](O)[C@H](O)CO. The maximum Gasteiger partial charge on any atom is 0.234 e. The highest BCUT2D eigenvalue weighted by molar-refractivity contribution is 6.45. The molecule has 0 spiro atoms. The van der Waals surface area contributed by atoms with Gasteiger partial charge >= 0.3 is 0 Å². The van der Waals surface area contributed by atoms with E-state index >= 15 is 0 Å². The normalized spacial score (nSPS) is 17.8. The number of aliphatic hydroxyl groups is 5. The van der Waals surface area contributed by atoms with Crippen LogP contribution in [0.5, 0.6) is 0 Å². The first kappa shape index (κ1) is 14.8. The Labute approximate surface area is 116 Å². The van der Waals surface area contributed by atoms with Gasteiger partial charge in [-0.3, -0.25) is 9.59 Å². The Morgan fingerprint density at radius 1 is 1.10 bits per heavy atom. The molecule has 4 atom stereocenters. The van der Waals surface area contributed by atoms with Crippen LogP contribution in [-0.4, -0.2) is 68.1 Å². The van der Waals surface area contributed by atoms with Crippen molar-refractivity contribution in [2.75, 3.05) is 6.61 Å². The average molecular weight is 285 g/mol. The summed E-state index contributed by atoms with van der Waals surface area (Å²) in [7, 11) is 0. The van der Waals surface area contributed by atoms with Gasteiger partial charge in [0.25, 0.3) is 0 Å². The Bertz CT molecular complexity index is 519. The van der Waals surface area contributed by atoms with Crippen molar-refractivity contribution in [2.45, 2.75) is 24.4 Å². The van der Waals surface area contributed by atoms with Crippen LogP contribution >= 0.6 is 0 Å². The van der Waals surface area contributed by atoms with Crippen molar-refractivity contribution in [1.29, 1.82) is 0 Å². The van der Waals surface area contributed by atoms with Gasteiger partial charge in [-0.25, -0.2) is 0 Å². The number of carbonyl (C=O) groups excluding carboxylic acids is 2. The van der Waals surface area contributed by atoms with Crippen molar-refractivity contribution in [3.63, 3.8) is 0 Å². The second-order valence-corrected chi connectivity index (χ2v) is 4.15. The molecule has 1 aromatic rings. The van der Waals surface area contributed by atoms with E-state index in [9.17, 15) is 24.9 Å². The maximum atomic E-state index is 11.8. The number of hydrogen-bond acceptors (Lipinski definition) is 7. The summed E-state index contributed by atoms with van der Waals surface area (Å²) in [5, 5.41) is 46.3. The van der Waals surface area contributed by atoms with E-state index in [0.717, 1.165) is 0 Å². The van der Waals surface area contributed by atoms with Gasteiger partial charge in [-0.2, -0.15) is 0 Å².